The molecule has 1 fully saturated rings. The van der Waals surface area contributed by atoms with Gasteiger partial charge in [-0.1, -0.05) is 0 Å². The van der Waals surface area contributed by atoms with Crippen molar-refractivity contribution in [1.82, 2.24) is 14.8 Å². The van der Waals surface area contributed by atoms with Crippen molar-refractivity contribution >= 4 is 5.69 Å². The molecule has 1 aromatic heterocycles. The number of likely N-dealkylation sites (N-methyl/N-ethyl adjacent to an activating group) is 1. The van der Waals surface area contributed by atoms with Crippen molar-refractivity contribution in [2.75, 3.05) is 32.4 Å². The Morgan fingerprint density at radius 3 is 2.78 bits per heavy atom. The van der Waals surface area contributed by atoms with Crippen molar-refractivity contribution in [2.24, 2.45) is 0 Å². The van der Waals surface area contributed by atoms with Crippen LogP contribution in [-0.2, 0) is 6.54 Å². The predicted octanol–water partition coefficient (Wildman–Crippen LogP) is 1.42. The van der Waals surface area contributed by atoms with Crippen LogP contribution in [0.25, 0.3) is 0 Å². The first-order valence-electron chi connectivity index (χ1n) is 6.62. The Balaban J connectivity index is 2.08. The third-order valence-corrected chi connectivity index (χ3v) is 4.09. The number of aryl methyl sites for hydroxylation is 1. The first-order valence-corrected chi connectivity index (χ1v) is 6.62. The van der Waals surface area contributed by atoms with E-state index in [1.54, 1.807) is 0 Å². The Labute approximate surface area is 110 Å². The summed E-state index contributed by atoms with van der Waals surface area (Å²) in [4.78, 5) is 9.41. The summed E-state index contributed by atoms with van der Waals surface area (Å²) in [6, 6.07) is 0.613. The van der Waals surface area contributed by atoms with E-state index >= 15 is 0 Å². The molecule has 18 heavy (non-hydrogen) atoms. The lowest BCUT2D eigenvalue weighted by atomic mass is 10.1. The van der Waals surface area contributed by atoms with E-state index in [0.717, 1.165) is 48.7 Å². The lowest BCUT2D eigenvalue weighted by molar-refractivity contribution is 0.0989. The summed E-state index contributed by atoms with van der Waals surface area (Å²) in [6.45, 7) is 10.6. The highest BCUT2D eigenvalue weighted by atomic mass is 15.3. The van der Waals surface area contributed by atoms with Crippen LogP contribution in [0.5, 0.6) is 0 Å². The van der Waals surface area contributed by atoms with Gasteiger partial charge in [0.05, 0.1) is 5.69 Å². The number of rotatable bonds is 2. The topological polar surface area (TPSA) is 45.4 Å². The number of piperazine rings is 1. The fourth-order valence-electron chi connectivity index (χ4n) is 2.43. The summed E-state index contributed by atoms with van der Waals surface area (Å²) in [6.07, 6.45) is 1.89. The van der Waals surface area contributed by atoms with E-state index in [1.165, 1.54) is 0 Å². The number of aromatic nitrogens is 1. The van der Waals surface area contributed by atoms with E-state index in [9.17, 15) is 0 Å². The van der Waals surface area contributed by atoms with Crippen LogP contribution in [0, 0.1) is 13.8 Å². The molecule has 1 unspecified atom stereocenters. The lowest BCUT2D eigenvalue weighted by Crippen LogP contribution is -2.49. The number of anilines is 1. The van der Waals surface area contributed by atoms with E-state index in [1.807, 2.05) is 13.1 Å². The molecular weight excluding hydrogens is 224 g/mol. The van der Waals surface area contributed by atoms with E-state index in [0.29, 0.717) is 6.04 Å². The average molecular weight is 248 g/mol. The van der Waals surface area contributed by atoms with Crippen molar-refractivity contribution in [3.05, 3.63) is 23.0 Å². The summed E-state index contributed by atoms with van der Waals surface area (Å²) >= 11 is 0. The summed E-state index contributed by atoms with van der Waals surface area (Å²) < 4.78 is 0. The third-order valence-electron chi connectivity index (χ3n) is 4.09. The van der Waals surface area contributed by atoms with Gasteiger partial charge in [0.25, 0.3) is 0 Å². The Kier molecular flexibility index (Phi) is 3.88. The fraction of sp³-hybridized carbons (Fsp3) is 0.643. The Hall–Kier alpha value is -1.13. The van der Waals surface area contributed by atoms with Gasteiger partial charge in [-0.2, -0.15) is 0 Å². The SMILES string of the molecule is Cc1cnc(CN2CCN(C)C(C)C2)c(C)c1N. The first kappa shape index (κ1) is 13.3. The minimum absolute atomic E-state index is 0.613. The Morgan fingerprint density at radius 2 is 2.11 bits per heavy atom. The Bertz CT molecular complexity index is 430. The molecule has 100 valence electrons. The minimum Gasteiger partial charge on any atom is -0.398 e. The van der Waals surface area contributed by atoms with Crippen LogP contribution >= 0.6 is 0 Å². The van der Waals surface area contributed by atoms with Crippen molar-refractivity contribution in [2.45, 2.75) is 33.4 Å². The molecule has 0 aliphatic carbocycles. The summed E-state index contributed by atoms with van der Waals surface area (Å²) in [5.74, 6) is 0. The second-order valence-electron chi connectivity index (χ2n) is 5.49. The van der Waals surface area contributed by atoms with Gasteiger partial charge in [0.1, 0.15) is 0 Å². The van der Waals surface area contributed by atoms with Gasteiger partial charge in [-0.05, 0) is 38.9 Å². The number of nitrogens with two attached hydrogens (primary N) is 1. The van der Waals surface area contributed by atoms with Gasteiger partial charge in [-0.3, -0.25) is 9.88 Å². The lowest BCUT2D eigenvalue weighted by Gasteiger charge is -2.37. The van der Waals surface area contributed by atoms with Gasteiger partial charge in [-0.25, -0.2) is 0 Å². The maximum atomic E-state index is 6.07. The molecule has 0 bridgehead atoms. The molecule has 1 atom stereocenters. The molecule has 1 aliphatic rings. The molecule has 0 radical (unpaired) electrons. The second-order valence-corrected chi connectivity index (χ2v) is 5.49. The van der Waals surface area contributed by atoms with E-state index < -0.39 is 0 Å². The number of nitrogens with zero attached hydrogens (tertiary/aromatic N) is 3. The smallest absolute Gasteiger partial charge is 0.0593 e. The van der Waals surface area contributed by atoms with Crippen molar-refractivity contribution in [1.29, 1.82) is 0 Å². The predicted molar refractivity (Wildman–Crippen MR) is 75.5 cm³/mol. The monoisotopic (exact) mass is 248 g/mol. The molecule has 4 nitrogen and oxygen atoms in total. The molecule has 0 aromatic carbocycles. The molecule has 1 aliphatic heterocycles. The van der Waals surface area contributed by atoms with Gasteiger partial charge in [0.15, 0.2) is 0 Å². The standard InChI is InChI=1S/C14H24N4/c1-10-7-16-13(12(3)14(10)15)9-18-6-5-17(4)11(2)8-18/h7,11H,5-6,8-9H2,1-4H3,(H2,15,16). The zero-order chi connectivity index (χ0) is 13.3. The summed E-state index contributed by atoms with van der Waals surface area (Å²) in [5, 5.41) is 0. The molecular formula is C14H24N4. The minimum atomic E-state index is 0.613. The Morgan fingerprint density at radius 1 is 1.39 bits per heavy atom. The fourth-order valence-corrected chi connectivity index (χ4v) is 2.43. The van der Waals surface area contributed by atoms with Crippen LogP contribution in [0.3, 0.4) is 0 Å². The second kappa shape index (κ2) is 5.24. The molecule has 1 saturated heterocycles. The van der Waals surface area contributed by atoms with Gasteiger partial charge < -0.3 is 10.6 Å². The average Bonchev–Trinajstić information content (AvgIpc) is 2.34. The maximum absolute atomic E-state index is 6.07. The van der Waals surface area contributed by atoms with E-state index in [-0.39, 0.29) is 0 Å². The maximum Gasteiger partial charge on any atom is 0.0593 e. The molecule has 0 saturated carbocycles. The van der Waals surface area contributed by atoms with Gasteiger partial charge in [0.2, 0.25) is 0 Å². The summed E-state index contributed by atoms with van der Waals surface area (Å²) in [5.41, 5.74) is 10.3. The molecule has 0 spiro atoms. The number of pyridine rings is 1. The zero-order valence-electron chi connectivity index (χ0n) is 11.9. The highest BCUT2D eigenvalue weighted by Crippen LogP contribution is 2.20. The van der Waals surface area contributed by atoms with Gasteiger partial charge in [0, 0.05) is 44.1 Å². The normalized spacial score (nSPS) is 22.3. The van der Waals surface area contributed by atoms with Crippen molar-refractivity contribution in [3.63, 3.8) is 0 Å². The van der Waals surface area contributed by atoms with Crippen LogP contribution in [-0.4, -0.2) is 47.5 Å². The van der Waals surface area contributed by atoms with Crippen LogP contribution in [0.2, 0.25) is 0 Å². The number of hydrogen-bond donors (Lipinski definition) is 1. The van der Waals surface area contributed by atoms with E-state index in [4.69, 9.17) is 5.73 Å². The molecule has 2 heterocycles. The van der Waals surface area contributed by atoms with Crippen molar-refractivity contribution < 1.29 is 0 Å². The molecule has 4 heteroatoms. The van der Waals surface area contributed by atoms with E-state index in [2.05, 4.69) is 35.7 Å². The van der Waals surface area contributed by atoms with Crippen molar-refractivity contribution in [3.8, 4) is 0 Å². The van der Waals surface area contributed by atoms with Crippen LogP contribution in [0.4, 0.5) is 5.69 Å². The number of hydrogen-bond acceptors (Lipinski definition) is 4. The third kappa shape index (κ3) is 2.65. The number of nitrogen functional groups attached to an aromatic ring is 1. The van der Waals surface area contributed by atoms with Crippen LogP contribution < -0.4 is 5.73 Å². The summed E-state index contributed by atoms with van der Waals surface area (Å²) in [7, 11) is 2.19. The molecule has 2 rings (SSSR count). The highest BCUT2D eigenvalue weighted by Gasteiger charge is 2.21. The van der Waals surface area contributed by atoms with Crippen LogP contribution in [0.1, 0.15) is 23.7 Å². The molecule has 0 amide bonds. The highest BCUT2D eigenvalue weighted by molar-refractivity contribution is 5.53. The van der Waals surface area contributed by atoms with Gasteiger partial charge in [-0.15, -0.1) is 0 Å². The first-order chi connectivity index (χ1) is 8.49. The molecule has 1 aromatic rings. The molecule has 2 N–H and O–H groups in total. The van der Waals surface area contributed by atoms with Gasteiger partial charge >= 0.3 is 0 Å². The zero-order valence-corrected chi connectivity index (χ0v) is 11.9. The quantitative estimate of drug-likeness (QED) is 0.859. The largest absolute Gasteiger partial charge is 0.398 e. The van der Waals surface area contributed by atoms with Crippen LogP contribution in [0.15, 0.2) is 6.20 Å².